The lowest BCUT2D eigenvalue weighted by Crippen LogP contribution is -1.99. The van der Waals surface area contributed by atoms with Gasteiger partial charge in [0.15, 0.2) is 0 Å². The van der Waals surface area contributed by atoms with Crippen LogP contribution in [0.2, 0.25) is 0 Å². The molecule has 0 unspecified atom stereocenters. The molecule has 4 aromatic rings. The Kier molecular flexibility index (Phi) is 5.52. The number of hydrogen-bond acceptors (Lipinski definition) is 8. The summed E-state index contributed by atoms with van der Waals surface area (Å²) in [5.74, 6) is 0.245. The molecule has 0 amide bonds. The average molecular weight is 470 g/mol. The van der Waals surface area contributed by atoms with Crippen LogP contribution in [0.25, 0.3) is 33.9 Å². The van der Waals surface area contributed by atoms with E-state index < -0.39 is 20.2 Å². The Morgan fingerprint density at radius 3 is 1.62 bits per heavy atom. The summed E-state index contributed by atoms with van der Waals surface area (Å²) in [7, 11) is -8.55. The van der Waals surface area contributed by atoms with Crippen LogP contribution >= 0.6 is 0 Å². The van der Waals surface area contributed by atoms with Crippen LogP contribution in [0.1, 0.15) is 0 Å². The quantitative estimate of drug-likeness (QED) is 0.415. The molecule has 0 saturated heterocycles. The summed E-state index contributed by atoms with van der Waals surface area (Å²) in [6, 6.07) is 14.6. The highest BCUT2D eigenvalue weighted by Gasteiger charge is 2.12. The first-order valence-electron chi connectivity index (χ1n) is 8.93. The summed E-state index contributed by atoms with van der Waals surface area (Å²) in [5, 5.41) is 7.90. The molecule has 0 aliphatic rings. The molecule has 162 valence electrons. The molecular weight excluding hydrogens is 456 g/mol. The molecule has 0 aliphatic heterocycles. The Balaban J connectivity index is 1.60. The lowest BCUT2D eigenvalue weighted by atomic mass is 10.1. The van der Waals surface area contributed by atoms with Crippen molar-refractivity contribution in [3.05, 3.63) is 73.1 Å². The highest BCUT2D eigenvalue weighted by Crippen LogP contribution is 2.24. The van der Waals surface area contributed by atoms with Gasteiger partial charge in [0.1, 0.15) is 5.69 Å². The Bertz CT molecular complexity index is 1490. The Labute approximate surface area is 183 Å². The number of rotatable bonds is 5. The molecule has 2 aromatic heterocycles. The van der Waals surface area contributed by atoms with E-state index in [1.54, 1.807) is 30.5 Å². The third kappa shape index (κ3) is 4.68. The van der Waals surface area contributed by atoms with Gasteiger partial charge in [-0.2, -0.15) is 21.9 Å². The smallest absolute Gasteiger partial charge is 0.282 e. The van der Waals surface area contributed by atoms with Crippen molar-refractivity contribution in [1.82, 2.24) is 20.2 Å². The number of benzene rings is 2. The second-order valence-corrected chi connectivity index (χ2v) is 9.44. The maximum atomic E-state index is 11.2. The molecule has 12 heteroatoms. The van der Waals surface area contributed by atoms with E-state index in [1.807, 2.05) is 0 Å². The first-order valence-corrected chi connectivity index (χ1v) is 11.8. The molecule has 0 radical (unpaired) electrons. The van der Waals surface area contributed by atoms with Gasteiger partial charge in [-0.1, -0.05) is 30.3 Å². The fourth-order valence-corrected chi connectivity index (χ4v) is 3.83. The van der Waals surface area contributed by atoms with Crippen LogP contribution in [0, 0.1) is 0 Å². The normalized spacial score (nSPS) is 11.9. The Hall–Kier alpha value is -3.58. The molecule has 2 N–H and O–H groups in total. The lowest BCUT2D eigenvalue weighted by molar-refractivity contribution is 0.481. The van der Waals surface area contributed by atoms with Gasteiger partial charge >= 0.3 is 0 Å². The van der Waals surface area contributed by atoms with Crippen molar-refractivity contribution < 1.29 is 25.9 Å². The van der Waals surface area contributed by atoms with Crippen LogP contribution in [-0.4, -0.2) is 46.1 Å². The minimum atomic E-state index is -4.29. The topological polar surface area (TPSA) is 160 Å². The van der Waals surface area contributed by atoms with Gasteiger partial charge in [0.25, 0.3) is 20.2 Å². The molecule has 2 aromatic carbocycles. The first kappa shape index (κ1) is 21.6. The zero-order valence-electron chi connectivity index (χ0n) is 16.1. The second-order valence-electron chi connectivity index (χ2n) is 6.60. The molecule has 4 rings (SSSR count). The van der Waals surface area contributed by atoms with E-state index in [-0.39, 0.29) is 15.6 Å². The van der Waals surface area contributed by atoms with Crippen molar-refractivity contribution in [2.24, 2.45) is 0 Å². The number of hydrogen-bond donors (Lipinski definition) is 2. The summed E-state index contributed by atoms with van der Waals surface area (Å²) in [5.41, 5.74) is 2.85. The number of nitrogens with zero attached hydrogens (tertiary/aromatic N) is 4. The highest BCUT2D eigenvalue weighted by atomic mass is 32.2. The van der Waals surface area contributed by atoms with Crippen LogP contribution in [0.15, 0.2) is 82.8 Å². The van der Waals surface area contributed by atoms with E-state index in [0.29, 0.717) is 28.1 Å². The van der Waals surface area contributed by atoms with E-state index >= 15 is 0 Å². The fourth-order valence-electron chi connectivity index (χ4n) is 2.87. The maximum Gasteiger partial charge on any atom is 0.294 e. The van der Waals surface area contributed by atoms with E-state index in [2.05, 4.69) is 20.2 Å². The number of aromatic nitrogens is 4. The van der Waals surface area contributed by atoms with E-state index in [1.165, 1.54) is 42.6 Å². The van der Waals surface area contributed by atoms with Gasteiger partial charge in [-0.05, 0) is 35.9 Å². The van der Waals surface area contributed by atoms with E-state index in [0.717, 1.165) is 0 Å². The minimum Gasteiger partial charge on any atom is -0.282 e. The summed E-state index contributed by atoms with van der Waals surface area (Å²) >= 11 is 0. The van der Waals surface area contributed by atoms with Gasteiger partial charge in [0.05, 0.1) is 21.7 Å². The van der Waals surface area contributed by atoms with Crippen LogP contribution in [0.3, 0.4) is 0 Å². The molecule has 32 heavy (non-hydrogen) atoms. The minimum absolute atomic E-state index is 0.202. The van der Waals surface area contributed by atoms with Gasteiger partial charge in [-0.15, -0.1) is 5.10 Å². The van der Waals surface area contributed by atoms with Crippen molar-refractivity contribution in [2.45, 2.75) is 9.79 Å². The molecule has 2 heterocycles. The third-order valence-electron chi connectivity index (χ3n) is 4.48. The zero-order valence-corrected chi connectivity index (χ0v) is 17.7. The SMILES string of the molecule is O=S(=O)(O)c1ccc(-c2ccc(-c3nncc(-c4ccc(S(=O)(=O)O)cc4)n3)nc2)cc1. The largest absolute Gasteiger partial charge is 0.294 e. The first-order chi connectivity index (χ1) is 15.1. The molecule has 0 fully saturated rings. The van der Waals surface area contributed by atoms with Gasteiger partial charge in [-0.25, -0.2) is 4.98 Å². The Morgan fingerprint density at radius 1 is 0.594 bits per heavy atom. The molecule has 0 bridgehead atoms. The molecule has 0 aliphatic carbocycles. The fraction of sp³-hybridized carbons (Fsp3) is 0. The van der Waals surface area contributed by atoms with Crippen LogP contribution < -0.4 is 0 Å². The van der Waals surface area contributed by atoms with Gasteiger partial charge in [0, 0.05) is 17.3 Å². The molecule has 0 spiro atoms. The maximum absolute atomic E-state index is 11.2. The predicted molar refractivity (Wildman–Crippen MR) is 114 cm³/mol. The summed E-state index contributed by atoms with van der Waals surface area (Å²) < 4.78 is 62.8. The van der Waals surface area contributed by atoms with E-state index in [9.17, 15) is 16.8 Å². The van der Waals surface area contributed by atoms with Crippen molar-refractivity contribution in [3.63, 3.8) is 0 Å². The van der Waals surface area contributed by atoms with Crippen LogP contribution in [-0.2, 0) is 20.2 Å². The predicted octanol–water partition coefficient (Wildman–Crippen LogP) is 2.76. The van der Waals surface area contributed by atoms with Crippen LogP contribution in [0.4, 0.5) is 0 Å². The number of pyridine rings is 1. The van der Waals surface area contributed by atoms with Crippen molar-refractivity contribution in [3.8, 4) is 33.9 Å². The van der Waals surface area contributed by atoms with Gasteiger partial charge in [0.2, 0.25) is 5.82 Å². The second kappa shape index (κ2) is 8.16. The Morgan fingerprint density at radius 2 is 1.12 bits per heavy atom. The standard InChI is InChI=1S/C20H14N4O6S2/c25-31(26,27)16-6-1-13(2-7-16)15-5-10-18(21-11-15)20-23-19(12-22-24-20)14-3-8-17(9-4-14)32(28,29)30/h1-12H,(H,25,26,27)(H,28,29,30). The van der Waals surface area contributed by atoms with Crippen molar-refractivity contribution in [2.75, 3.05) is 0 Å². The monoisotopic (exact) mass is 470 g/mol. The molecular formula is C20H14N4O6S2. The van der Waals surface area contributed by atoms with E-state index in [4.69, 9.17) is 9.11 Å². The van der Waals surface area contributed by atoms with Crippen LogP contribution in [0.5, 0.6) is 0 Å². The lowest BCUT2D eigenvalue weighted by Gasteiger charge is -2.06. The molecule has 0 saturated carbocycles. The van der Waals surface area contributed by atoms with Crippen molar-refractivity contribution in [1.29, 1.82) is 0 Å². The zero-order chi connectivity index (χ0) is 22.9. The average Bonchev–Trinajstić information content (AvgIpc) is 2.78. The highest BCUT2D eigenvalue weighted by molar-refractivity contribution is 7.86. The third-order valence-corrected chi connectivity index (χ3v) is 6.22. The summed E-state index contributed by atoms with van der Waals surface area (Å²) in [6.45, 7) is 0. The molecule has 10 nitrogen and oxygen atoms in total. The van der Waals surface area contributed by atoms with Gasteiger partial charge in [-0.3, -0.25) is 14.1 Å². The summed E-state index contributed by atoms with van der Waals surface area (Å²) in [6.07, 6.45) is 2.98. The van der Waals surface area contributed by atoms with Gasteiger partial charge < -0.3 is 0 Å². The summed E-state index contributed by atoms with van der Waals surface area (Å²) in [4.78, 5) is 8.30. The molecule has 0 atom stereocenters. The van der Waals surface area contributed by atoms with Crippen molar-refractivity contribution >= 4 is 20.2 Å².